The molecule has 7 nitrogen and oxygen atoms in total. The summed E-state index contributed by atoms with van der Waals surface area (Å²) < 4.78 is 22.1. The number of carbonyl (C=O) groups is 1. The van der Waals surface area contributed by atoms with Crippen LogP contribution < -0.4 is 4.74 Å². The van der Waals surface area contributed by atoms with Gasteiger partial charge in [0.2, 0.25) is 0 Å². The second-order valence-corrected chi connectivity index (χ2v) is 10.0. The van der Waals surface area contributed by atoms with E-state index >= 15 is 0 Å². The zero-order valence-electron chi connectivity index (χ0n) is 23.8. The lowest BCUT2D eigenvalue weighted by Gasteiger charge is -2.40. The molecule has 1 aliphatic rings. The maximum Gasteiger partial charge on any atom is 0.159 e. The first-order valence-corrected chi connectivity index (χ1v) is 14.1. The van der Waals surface area contributed by atoms with Gasteiger partial charge < -0.3 is 18.9 Å². The van der Waals surface area contributed by atoms with E-state index < -0.39 is 0 Å². The van der Waals surface area contributed by atoms with Gasteiger partial charge in [0.15, 0.2) is 5.78 Å². The molecule has 4 rings (SSSR count). The van der Waals surface area contributed by atoms with Gasteiger partial charge in [-0.3, -0.25) is 14.6 Å². The molecule has 0 N–H and O–H groups in total. The quantitative estimate of drug-likeness (QED) is 0.188. The molecule has 1 aliphatic heterocycles. The Balaban J connectivity index is 1.39. The van der Waals surface area contributed by atoms with Crippen LogP contribution in [0.15, 0.2) is 78.9 Å². The second-order valence-electron chi connectivity index (χ2n) is 10.0. The Bertz CT molecular complexity index is 1150. The predicted molar refractivity (Wildman–Crippen MR) is 157 cm³/mol. The van der Waals surface area contributed by atoms with Gasteiger partial charge in [-0.1, -0.05) is 66.7 Å². The van der Waals surface area contributed by atoms with Crippen LogP contribution in [-0.4, -0.2) is 88.5 Å². The Morgan fingerprint density at radius 2 is 1.43 bits per heavy atom. The lowest BCUT2D eigenvalue weighted by atomic mass is 9.94. The molecule has 0 radical (unpaired) electrons. The monoisotopic (exact) mass is 546 g/mol. The number of carbonyl (C=O) groups excluding carboxylic acids is 1. The number of piperazine rings is 1. The Labute approximate surface area is 238 Å². The van der Waals surface area contributed by atoms with Crippen molar-refractivity contribution >= 4 is 5.78 Å². The van der Waals surface area contributed by atoms with Crippen LogP contribution in [0.25, 0.3) is 0 Å². The van der Waals surface area contributed by atoms with Gasteiger partial charge in [-0.15, -0.1) is 0 Å². The largest absolute Gasteiger partial charge is 0.491 e. The first-order chi connectivity index (χ1) is 19.6. The van der Waals surface area contributed by atoms with Crippen LogP contribution in [0.4, 0.5) is 0 Å². The summed E-state index contributed by atoms with van der Waals surface area (Å²) >= 11 is 0. The van der Waals surface area contributed by atoms with Crippen LogP contribution in [0.5, 0.6) is 5.75 Å². The SMILES string of the molecule is COCCOCCOCCOc1cccc(C(c2ccc(C(C)=O)cc2)N2CCN(Cc3ccccc3)CC2)c1. The molecule has 40 heavy (non-hydrogen) atoms. The standard InChI is InChI=1S/C33H42N2O5/c1-27(36)29-11-13-30(14-12-29)33(35-17-15-34(16-18-35)26-28-7-4-3-5-8-28)31-9-6-10-32(25-31)40-24-23-39-22-21-38-20-19-37-2/h3-14,25,33H,15-24,26H2,1-2H3. The average molecular weight is 547 g/mol. The molecule has 3 aromatic carbocycles. The van der Waals surface area contributed by atoms with Crippen LogP contribution in [0.1, 0.15) is 40.0 Å². The molecule has 0 bridgehead atoms. The number of benzene rings is 3. The van der Waals surface area contributed by atoms with Crippen LogP contribution in [0.2, 0.25) is 0 Å². The lowest BCUT2D eigenvalue weighted by molar-refractivity contribution is 0.0179. The van der Waals surface area contributed by atoms with Gasteiger partial charge in [-0.2, -0.15) is 0 Å². The van der Waals surface area contributed by atoms with Gasteiger partial charge in [0.25, 0.3) is 0 Å². The predicted octanol–water partition coefficient (Wildman–Crippen LogP) is 4.85. The van der Waals surface area contributed by atoms with Crippen molar-refractivity contribution in [3.8, 4) is 5.75 Å². The highest BCUT2D eigenvalue weighted by atomic mass is 16.6. The summed E-state index contributed by atoms with van der Waals surface area (Å²) in [6.07, 6.45) is 0. The highest BCUT2D eigenvalue weighted by molar-refractivity contribution is 5.94. The number of Topliss-reactive ketones (excluding diaryl/α,β-unsaturated/α-hetero) is 1. The minimum atomic E-state index is 0.0731. The molecule has 1 unspecified atom stereocenters. The topological polar surface area (TPSA) is 60.5 Å². The molecular weight excluding hydrogens is 504 g/mol. The summed E-state index contributed by atoms with van der Waals surface area (Å²) in [4.78, 5) is 17.0. The fraction of sp³-hybridized carbons (Fsp3) is 0.424. The smallest absolute Gasteiger partial charge is 0.159 e. The third-order valence-corrected chi connectivity index (χ3v) is 7.13. The van der Waals surface area contributed by atoms with Crippen molar-refractivity contribution in [2.45, 2.75) is 19.5 Å². The molecule has 0 aliphatic carbocycles. The number of ether oxygens (including phenoxy) is 4. The van der Waals surface area contributed by atoms with E-state index in [2.05, 4.69) is 70.5 Å². The lowest BCUT2D eigenvalue weighted by Crippen LogP contribution is -2.47. The second kappa shape index (κ2) is 16.3. The summed E-state index contributed by atoms with van der Waals surface area (Å²) in [5, 5.41) is 0. The molecule has 0 aromatic heterocycles. The maximum absolute atomic E-state index is 11.9. The zero-order chi connectivity index (χ0) is 28.0. The van der Waals surface area contributed by atoms with Gasteiger partial charge in [0.1, 0.15) is 12.4 Å². The Morgan fingerprint density at radius 1 is 0.750 bits per heavy atom. The van der Waals surface area contributed by atoms with E-state index in [1.807, 2.05) is 18.2 Å². The van der Waals surface area contributed by atoms with E-state index in [1.165, 1.54) is 16.7 Å². The number of hydrogen-bond donors (Lipinski definition) is 0. The average Bonchev–Trinajstić information content (AvgIpc) is 2.98. The van der Waals surface area contributed by atoms with E-state index in [0.717, 1.165) is 44.0 Å². The van der Waals surface area contributed by atoms with Crippen molar-refractivity contribution in [3.63, 3.8) is 0 Å². The summed E-state index contributed by atoms with van der Waals surface area (Å²) in [5.41, 5.74) is 4.43. The fourth-order valence-electron chi connectivity index (χ4n) is 4.99. The molecule has 0 saturated carbocycles. The number of ketones is 1. The first-order valence-electron chi connectivity index (χ1n) is 14.1. The molecule has 0 spiro atoms. The molecule has 3 aromatic rings. The minimum absolute atomic E-state index is 0.0731. The third-order valence-electron chi connectivity index (χ3n) is 7.13. The Hall–Kier alpha value is -3.07. The van der Waals surface area contributed by atoms with Crippen LogP contribution in [0, 0.1) is 0 Å². The number of rotatable bonds is 16. The minimum Gasteiger partial charge on any atom is -0.491 e. The molecule has 1 saturated heterocycles. The molecule has 7 heteroatoms. The molecule has 1 fully saturated rings. The normalized spacial score (nSPS) is 15.2. The molecule has 0 amide bonds. The van der Waals surface area contributed by atoms with E-state index in [9.17, 15) is 4.79 Å². The van der Waals surface area contributed by atoms with Crippen LogP contribution in [0.3, 0.4) is 0 Å². The van der Waals surface area contributed by atoms with Crippen LogP contribution in [-0.2, 0) is 20.8 Å². The van der Waals surface area contributed by atoms with Crippen molar-refractivity contribution in [2.24, 2.45) is 0 Å². The van der Waals surface area contributed by atoms with Gasteiger partial charge in [-0.25, -0.2) is 0 Å². The van der Waals surface area contributed by atoms with Crippen molar-refractivity contribution < 1.29 is 23.7 Å². The summed E-state index contributed by atoms with van der Waals surface area (Å²) in [5.74, 6) is 0.905. The van der Waals surface area contributed by atoms with Crippen LogP contribution >= 0.6 is 0 Å². The van der Waals surface area contributed by atoms with Gasteiger partial charge in [0.05, 0.1) is 39.1 Å². The van der Waals surface area contributed by atoms with Crippen molar-refractivity contribution in [1.82, 2.24) is 9.80 Å². The van der Waals surface area contributed by atoms with Gasteiger partial charge >= 0.3 is 0 Å². The van der Waals surface area contributed by atoms with Gasteiger partial charge in [-0.05, 0) is 35.7 Å². The van der Waals surface area contributed by atoms with E-state index in [0.29, 0.717) is 39.6 Å². The van der Waals surface area contributed by atoms with Crippen molar-refractivity contribution in [2.75, 3.05) is 72.9 Å². The molecule has 214 valence electrons. The maximum atomic E-state index is 11.9. The van der Waals surface area contributed by atoms with Crippen molar-refractivity contribution in [1.29, 1.82) is 0 Å². The number of hydrogen-bond acceptors (Lipinski definition) is 7. The number of nitrogens with zero attached hydrogens (tertiary/aromatic N) is 2. The van der Waals surface area contributed by atoms with Crippen molar-refractivity contribution in [3.05, 3.63) is 101 Å². The third kappa shape index (κ3) is 9.25. The van der Waals surface area contributed by atoms with Gasteiger partial charge in [0, 0.05) is 45.4 Å². The number of methoxy groups -OCH3 is 1. The Kier molecular flexibility index (Phi) is 12.2. The summed E-state index contributed by atoms with van der Waals surface area (Å²) in [7, 11) is 1.66. The van der Waals surface area contributed by atoms with E-state index in [4.69, 9.17) is 18.9 Å². The fourth-order valence-corrected chi connectivity index (χ4v) is 4.99. The molecule has 1 atom stereocenters. The van der Waals surface area contributed by atoms with E-state index in [-0.39, 0.29) is 11.8 Å². The summed E-state index contributed by atoms with van der Waals surface area (Å²) in [6, 6.07) is 27.1. The first kappa shape index (κ1) is 29.9. The highest BCUT2D eigenvalue weighted by Crippen LogP contribution is 2.32. The molecular formula is C33H42N2O5. The Morgan fingerprint density at radius 3 is 2.10 bits per heavy atom. The van der Waals surface area contributed by atoms with E-state index in [1.54, 1.807) is 14.0 Å². The highest BCUT2D eigenvalue weighted by Gasteiger charge is 2.27. The summed E-state index contributed by atoms with van der Waals surface area (Å²) in [6.45, 7) is 9.69. The zero-order valence-corrected chi connectivity index (χ0v) is 23.8. The molecule has 1 heterocycles.